The van der Waals surface area contributed by atoms with E-state index in [1.807, 2.05) is 18.5 Å². The van der Waals surface area contributed by atoms with Gasteiger partial charge < -0.3 is 0 Å². The Bertz CT molecular complexity index is 355. The van der Waals surface area contributed by atoms with Gasteiger partial charge in [0.2, 0.25) is 0 Å². The summed E-state index contributed by atoms with van der Waals surface area (Å²) in [5.41, 5.74) is 1.32. The lowest BCUT2D eigenvalue weighted by molar-refractivity contribution is 0.255. The van der Waals surface area contributed by atoms with Gasteiger partial charge in [0.1, 0.15) is 0 Å². The van der Waals surface area contributed by atoms with Crippen molar-refractivity contribution in [1.82, 2.24) is 9.88 Å². The Kier molecular flexibility index (Phi) is 3.90. The van der Waals surface area contributed by atoms with E-state index in [1.165, 1.54) is 18.4 Å². The maximum atomic E-state index is 8.54. The van der Waals surface area contributed by atoms with E-state index in [0.29, 0.717) is 12.5 Å². The first-order valence-electron chi connectivity index (χ1n) is 5.93. The Morgan fingerprint density at radius 2 is 2.50 bits per heavy atom. The predicted octanol–water partition coefficient (Wildman–Crippen LogP) is 2.52. The molecule has 0 amide bonds. The quantitative estimate of drug-likeness (QED) is 0.724. The molecular formula is C13H17N3. The summed E-state index contributed by atoms with van der Waals surface area (Å²) < 4.78 is 0. The molecule has 0 spiro atoms. The van der Waals surface area contributed by atoms with Crippen LogP contribution < -0.4 is 0 Å². The Morgan fingerprint density at radius 3 is 3.25 bits per heavy atom. The summed E-state index contributed by atoms with van der Waals surface area (Å²) in [6.07, 6.45) is 7.90. The fourth-order valence-corrected chi connectivity index (χ4v) is 2.41. The minimum Gasteiger partial charge on any atom is -0.296 e. The Morgan fingerprint density at radius 1 is 1.56 bits per heavy atom. The summed E-state index contributed by atoms with van der Waals surface area (Å²) in [7, 11) is 0. The number of aromatic nitrogens is 1. The summed E-state index contributed by atoms with van der Waals surface area (Å²) >= 11 is 0. The standard InChI is InChI=1S/C13H17N3/c14-7-1-2-9-16-10-4-6-13(16)12-5-3-8-15-11-12/h3,5,8,11,13H,1-2,4,6,9-10H2/t13-/m0/s1. The third-order valence-corrected chi connectivity index (χ3v) is 3.17. The summed E-state index contributed by atoms with van der Waals surface area (Å²) in [6, 6.07) is 6.88. The molecule has 1 fully saturated rings. The first-order valence-corrected chi connectivity index (χ1v) is 5.93. The van der Waals surface area contributed by atoms with Crippen LogP contribution in [0.4, 0.5) is 0 Å². The predicted molar refractivity (Wildman–Crippen MR) is 62.6 cm³/mol. The SMILES string of the molecule is N#CCCCN1CCC[C@H]1c1cccnc1. The van der Waals surface area contributed by atoms with Crippen LogP contribution in [0, 0.1) is 11.3 Å². The number of pyridine rings is 1. The van der Waals surface area contributed by atoms with Gasteiger partial charge in [-0.3, -0.25) is 9.88 Å². The number of hydrogen-bond acceptors (Lipinski definition) is 3. The normalized spacial score (nSPS) is 20.8. The zero-order chi connectivity index (χ0) is 11.2. The van der Waals surface area contributed by atoms with E-state index in [9.17, 15) is 0 Å². The number of nitrogens with zero attached hydrogens (tertiary/aromatic N) is 3. The molecule has 0 N–H and O–H groups in total. The molecule has 2 rings (SSSR count). The van der Waals surface area contributed by atoms with Gasteiger partial charge in [0.25, 0.3) is 0 Å². The van der Waals surface area contributed by atoms with Crippen molar-refractivity contribution in [2.75, 3.05) is 13.1 Å². The number of hydrogen-bond donors (Lipinski definition) is 0. The maximum absolute atomic E-state index is 8.54. The highest BCUT2D eigenvalue weighted by atomic mass is 15.2. The molecule has 0 saturated carbocycles. The highest BCUT2D eigenvalue weighted by Gasteiger charge is 2.25. The van der Waals surface area contributed by atoms with Crippen LogP contribution in [-0.2, 0) is 0 Å². The molecule has 0 radical (unpaired) electrons. The number of likely N-dealkylation sites (tertiary alicyclic amines) is 1. The molecule has 0 bridgehead atoms. The van der Waals surface area contributed by atoms with Gasteiger partial charge in [-0.25, -0.2) is 0 Å². The van der Waals surface area contributed by atoms with Gasteiger partial charge in [-0.1, -0.05) is 6.07 Å². The topological polar surface area (TPSA) is 39.9 Å². The van der Waals surface area contributed by atoms with Crippen molar-refractivity contribution >= 4 is 0 Å². The summed E-state index contributed by atoms with van der Waals surface area (Å²) in [4.78, 5) is 6.66. The summed E-state index contributed by atoms with van der Waals surface area (Å²) in [5.74, 6) is 0. The molecular weight excluding hydrogens is 198 g/mol. The zero-order valence-electron chi connectivity index (χ0n) is 9.47. The van der Waals surface area contributed by atoms with E-state index in [2.05, 4.69) is 22.0 Å². The number of unbranched alkanes of at least 4 members (excludes halogenated alkanes) is 1. The molecule has 0 aromatic carbocycles. The van der Waals surface area contributed by atoms with Gasteiger partial charge in [-0.2, -0.15) is 5.26 Å². The van der Waals surface area contributed by atoms with E-state index >= 15 is 0 Å². The molecule has 3 nitrogen and oxygen atoms in total. The highest BCUT2D eigenvalue weighted by molar-refractivity contribution is 5.15. The minimum absolute atomic E-state index is 0.521. The number of rotatable bonds is 4. The van der Waals surface area contributed by atoms with E-state index < -0.39 is 0 Å². The lowest BCUT2D eigenvalue weighted by Gasteiger charge is -2.23. The van der Waals surface area contributed by atoms with E-state index in [1.54, 1.807) is 0 Å². The van der Waals surface area contributed by atoms with Crippen LogP contribution in [0.2, 0.25) is 0 Å². The van der Waals surface area contributed by atoms with Crippen LogP contribution >= 0.6 is 0 Å². The van der Waals surface area contributed by atoms with Crippen LogP contribution in [0.3, 0.4) is 0 Å². The van der Waals surface area contributed by atoms with Crippen molar-refractivity contribution in [1.29, 1.82) is 5.26 Å². The number of nitriles is 1. The molecule has 16 heavy (non-hydrogen) atoms. The van der Waals surface area contributed by atoms with Crippen molar-refractivity contribution in [2.45, 2.75) is 31.7 Å². The second-order valence-electron chi connectivity index (χ2n) is 4.24. The second kappa shape index (κ2) is 5.62. The molecule has 0 unspecified atom stereocenters. The van der Waals surface area contributed by atoms with Crippen LogP contribution in [0.5, 0.6) is 0 Å². The average Bonchev–Trinajstić information content (AvgIpc) is 2.79. The molecule has 1 aromatic rings. The van der Waals surface area contributed by atoms with Gasteiger partial charge in [0.05, 0.1) is 6.07 Å². The smallest absolute Gasteiger partial charge is 0.0622 e. The first-order chi connectivity index (χ1) is 7.92. The molecule has 3 heteroatoms. The molecule has 1 saturated heterocycles. The van der Waals surface area contributed by atoms with Gasteiger partial charge >= 0.3 is 0 Å². The lowest BCUT2D eigenvalue weighted by atomic mass is 10.1. The lowest BCUT2D eigenvalue weighted by Crippen LogP contribution is -2.24. The zero-order valence-corrected chi connectivity index (χ0v) is 9.47. The van der Waals surface area contributed by atoms with Crippen molar-refractivity contribution in [3.63, 3.8) is 0 Å². The van der Waals surface area contributed by atoms with E-state index in [4.69, 9.17) is 5.26 Å². The van der Waals surface area contributed by atoms with Crippen LogP contribution in [-0.4, -0.2) is 23.0 Å². The van der Waals surface area contributed by atoms with Crippen molar-refractivity contribution in [2.24, 2.45) is 0 Å². The molecule has 2 heterocycles. The second-order valence-corrected chi connectivity index (χ2v) is 4.24. The fraction of sp³-hybridized carbons (Fsp3) is 0.538. The fourth-order valence-electron chi connectivity index (χ4n) is 2.41. The Labute approximate surface area is 96.7 Å². The van der Waals surface area contributed by atoms with Crippen molar-refractivity contribution in [3.8, 4) is 6.07 Å². The molecule has 1 atom stereocenters. The van der Waals surface area contributed by atoms with Crippen LogP contribution in [0.25, 0.3) is 0 Å². The Balaban J connectivity index is 1.96. The van der Waals surface area contributed by atoms with E-state index in [0.717, 1.165) is 19.5 Å². The Hall–Kier alpha value is -1.40. The summed E-state index contributed by atoms with van der Waals surface area (Å²) in [5, 5.41) is 8.54. The highest BCUT2D eigenvalue weighted by Crippen LogP contribution is 2.31. The van der Waals surface area contributed by atoms with Gasteiger partial charge in [-0.15, -0.1) is 0 Å². The van der Waals surface area contributed by atoms with Crippen LogP contribution in [0.15, 0.2) is 24.5 Å². The van der Waals surface area contributed by atoms with E-state index in [-0.39, 0.29) is 0 Å². The molecule has 0 aliphatic carbocycles. The maximum Gasteiger partial charge on any atom is 0.0622 e. The van der Waals surface area contributed by atoms with Crippen molar-refractivity contribution < 1.29 is 0 Å². The minimum atomic E-state index is 0.521. The molecule has 1 aliphatic heterocycles. The van der Waals surface area contributed by atoms with Gasteiger partial charge in [-0.05, 0) is 44.0 Å². The van der Waals surface area contributed by atoms with Gasteiger partial charge in [0, 0.05) is 24.9 Å². The monoisotopic (exact) mass is 215 g/mol. The van der Waals surface area contributed by atoms with Crippen LogP contribution in [0.1, 0.15) is 37.3 Å². The molecule has 1 aliphatic rings. The first kappa shape index (κ1) is 11.1. The molecule has 84 valence electrons. The average molecular weight is 215 g/mol. The van der Waals surface area contributed by atoms with Gasteiger partial charge in [0.15, 0.2) is 0 Å². The summed E-state index contributed by atoms with van der Waals surface area (Å²) in [6.45, 7) is 2.19. The third-order valence-electron chi connectivity index (χ3n) is 3.17. The third kappa shape index (κ3) is 2.59. The molecule has 1 aromatic heterocycles. The van der Waals surface area contributed by atoms with Crippen molar-refractivity contribution in [3.05, 3.63) is 30.1 Å². The largest absolute Gasteiger partial charge is 0.296 e.